The number of ether oxygens (including phenoxy) is 1. The van der Waals surface area contributed by atoms with Crippen LogP contribution < -0.4 is 0 Å². The van der Waals surface area contributed by atoms with Crippen molar-refractivity contribution in [1.82, 2.24) is 0 Å². The van der Waals surface area contributed by atoms with Crippen molar-refractivity contribution in [2.24, 2.45) is 0 Å². The molecule has 0 fully saturated rings. The third-order valence-electron chi connectivity index (χ3n) is 2.70. The first-order valence-electron chi connectivity index (χ1n) is 7.83. The summed E-state index contributed by atoms with van der Waals surface area (Å²) < 4.78 is 5.61. The van der Waals surface area contributed by atoms with E-state index in [1.165, 1.54) is 25.7 Å². The zero-order chi connectivity index (χ0) is 15.1. The van der Waals surface area contributed by atoms with Crippen LogP contribution >= 0.6 is 0 Å². The molecule has 0 aliphatic rings. The molecular formula is C18H38O2. The van der Waals surface area contributed by atoms with Crippen molar-refractivity contribution in [1.29, 1.82) is 0 Å². The van der Waals surface area contributed by atoms with Crippen molar-refractivity contribution >= 4 is 0 Å². The molecule has 0 heterocycles. The molecule has 0 saturated carbocycles. The van der Waals surface area contributed by atoms with Gasteiger partial charge in [-0.05, 0) is 26.7 Å². The van der Waals surface area contributed by atoms with Gasteiger partial charge in [-0.3, -0.25) is 0 Å². The Kier molecular flexibility index (Phi) is 20.3. The SMILES string of the molecule is C.C#CCCC(CCCCCCC)OC(C)(C)O.CC. The number of terminal acetylenes is 1. The normalized spacial score (nSPS) is 11.7. The molecule has 1 unspecified atom stereocenters. The predicted molar refractivity (Wildman–Crippen MR) is 90.7 cm³/mol. The van der Waals surface area contributed by atoms with Crippen LogP contribution in [-0.4, -0.2) is 17.0 Å². The molecule has 0 amide bonds. The lowest BCUT2D eigenvalue weighted by atomic mass is 10.0. The molecule has 0 radical (unpaired) electrons. The van der Waals surface area contributed by atoms with E-state index in [1.54, 1.807) is 13.8 Å². The first-order valence-corrected chi connectivity index (χ1v) is 7.83. The second-order valence-electron chi connectivity index (χ2n) is 5.13. The van der Waals surface area contributed by atoms with Crippen molar-refractivity contribution in [3.8, 4) is 12.3 Å². The Morgan fingerprint density at radius 3 is 2.10 bits per heavy atom. The van der Waals surface area contributed by atoms with E-state index in [-0.39, 0.29) is 13.5 Å². The van der Waals surface area contributed by atoms with Crippen LogP contribution in [-0.2, 0) is 4.74 Å². The Bertz CT molecular complexity index is 210. The molecule has 0 aliphatic carbocycles. The van der Waals surface area contributed by atoms with Gasteiger partial charge in [-0.2, -0.15) is 0 Å². The van der Waals surface area contributed by atoms with Crippen LogP contribution in [0, 0.1) is 12.3 Å². The van der Waals surface area contributed by atoms with Crippen molar-refractivity contribution in [3.05, 3.63) is 0 Å². The lowest BCUT2D eigenvalue weighted by Crippen LogP contribution is -2.30. The minimum absolute atomic E-state index is 0. The molecule has 0 aromatic heterocycles. The molecule has 1 N–H and O–H groups in total. The molecule has 0 spiro atoms. The van der Waals surface area contributed by atoms with Gasteiger partial charge in [0, 0.05) is 6.42 Å². The Morgan fingerprint density at radius 1 is 1.10 bits per heavy atom. The summed E-state index contributed by atoms with van der Waals surface area (Å²) in [5, 5.41) is 9.65. The summed E-state index contributed by atoms with van der Waals surface area (Å²) in [6, 6.07) is 0. The molecule has 122 valence electrons. The highest BCUT2D eigenvalue weighted by Gasteiger charge is 2.19. The molecule has 0 aromatic carbocycles. The lowest BCUT2D eigenvalue weighted by Gasteiger charge is -2.26. The van der Waals surface area contributed by atoms with E-state index in [9.17, 15) is 5.11 Å². The van der Waals surface area contributed by atoms with Crippen LogP contribution in [0.15, 0.2) is 0 Å². The number of rotatable bonds is 10. The third-order valence-corrected chi connectivity index (χ3v) is 2.70. The molecule has 2 nitrogen and oxygen atoms in total. The largest absolute Gasteiger partial charge is 0.366 e. The summed E-state index contributed by atoms with van der Waals surface area (Å²) in [5.41, 5.74) is 0. The van der Waals surface area contributed by atoms with Gasteiger partial charge in [0.1, 0.15) is 0 Å². The Hall–Kier alpha value is -0.520. The summed E-state index contributed by atoms with van der Waals surface area (Å²) in [7, 11) is 0. The Labute approximate surface area is 128 Å². The molecule has 0 bridgehead atoms. The lowest BCUT2D eigenvalue weighted by molar-refractivity contribution is -0.207. The first kappa shape index (κ1) is 24.5. The molecule has 0 saturated heterocycles. The maximum absolute atomic E-state index is 9.65. The summed E-state index contributed by atoms with van der Waals surface area (Å²) in [6.45, 7) is 9.56. The summed E-state index contributed by atoms with van der Waals surface area (Å²) >= 11 is 0. The van der Waals surface area contributed by atoms with E-state index in [1.807, 2.05) is 13.8 Å². The van der Waals surface area contributed by atoms with Crippen molar-refractivity contribution < 1.29 is 9.84 Å². The molecule has 0 rings (SSSR count). The monoisotopic (exact) mass is 286 g/mol. The standard InChI is InChI=1S/C15H28O2.C2H6.CH4/c1-5-7-9-10-11-13-14(12-8-6-2)17-15(3,4)16;1-2;/h2,14,16H,5,7-13H2,1,3-4H3;1-2H3;1H4. The van der Waals surface area contributed by atoms with Gasteiger partial charge >= 0.3 is 0 Å². The average molecular weight is 286 g/mol. The minimum atomic E-state index is -1.05. The summed E-state index contributed by atoms with van der Waals surface area (Å²) in [5.74, 6) is 1.58. The minimum Gasteiger partial charge on any atom is -0.366 e. The Balaban J connectivity index is -0.000000916. The number of unbranched alkanes of at least 4 members (excludes halogenated alkanes) is 4. The van der Waals surface area contributed by atoms with E-state index in [0.717, 1.165) is 25.7 Å². The number of hydrogen-bond donors (Lipinski definition) is 1. The van der Waals surface area contributed by atoms with Crippen LogP contribution in [0.4, 0.5) is 0 Å². The fourth-order valence-corrected chi connectivity index (χ4v) is 1.89. The maximum Gasteiger partial charge on any atom is 0.160 e. The summed E-state index contributed by atoms with van der Waals surface area (Å²) in [6.07, 6.45) is 14.2. The highest BCUT2D eigenvalue weighted by molar-refractivity contribution is 4.84. The fraction of sp³-hybridized carbons (Fsp3) is 0.889. The van der Waals surface area contributed by atoms with Gasteiger partial charge in [0.25, 0.3) is 0 Å². The van der Waals surface area contributed by atoms with Gasteiger partial charge in [-0.1, -0.05) is 60.3 Å². The van der Waals surface area contributed by atoms with Crippen LogP contribution in [0.2, 0.25) is 0 Å². The zero-order valence-electron chi connectivity index (χ0n) is 13.7. The van der Waals surface area contributed by atoms with Crippen molar-refractivity contribution in [2.45, 2.75) is 105 Å². The van der Waals surface area contributed by atoms with Crippen LogP contribution in [0.5, 0.6) is 0 Å². The summed E-state index contributed by atoms with van der Waals surface area (Å²) in [4.78, 5) is 0. The smallest absolute Gasteiger partial charge is 0.160 e. The first-order chi connectivity index (χ1) is 8.99. The zero-order valence-corrected chi connectivity index (χ0v) is 13.7. The molecule has 0 aromatic rings. The van der Waals surface area contributed by atoms with Gasteiger partial charge in [0.15, 0.2) is 5.79 Å². The highest BCUT2D eigenvalue weighted by atomic mass is 16.6. The van der Waals surface area contributed by atoms with Gasteiger partial charge in [0.2, 0.25) is 0 Å². The second-order valence-corrected chi connectivity index (χ2v) is 5.13. The van der Waals surface area contributed by atoms with Crippen LogP contribution in [0.1, 0.15) is 93.4 Å². The van der Waals surface area contributed by atoms with Crippen molar-refractivity contribution in [2.75, 3.05) is 0 Å². The van der Waals surface area contributed by atoms with Crippen LogP contribution in [0.25, 0.3) is 0 Å². The fourth-order valence-electron chi connectivity index (χ4n) is 1.89. The number of hydrogen-bond acceptors (Lipinski definition) is 2. The van der Waals surface area contributed by atoms with E-state index < -0.39 is 5.79 Å². The van der Waals surface area contributed by atoms with E-state index in [0.29, 0.717) is 0 Å². The van der Waals surface area contributed by atoms with Gasteiger partial charge in [-0.15, -0.1) is 12.3 Å². The molecular weight excluding hydrogens is 248 g/mol. The third kappa shape index (κ3) is 19.8. The molecule has 1 atom stereocenters. The van der Waals surface area contributed by atoms with Gasteiger partial charge < -0.3 is 9.84 Å². The van der Waals surface area contributed by atoms with Gasteiger partial charge in [0.05, 0.1) is 6.10 Å². The van der Waals surface area contributed by atoms with Crippen LogP contribution in [0.3, 0.4) is 0 Å². The van der Waals surface area contributed by atoms with E-state index in [4.69, 9.17) is 11.2 Å². The topological polar surface area (TPSA) is 29.5 Å². The Morgan fingerprint density at radius 2 is 1.65 bits per heavy atom. The molecule has 2 heteroatoms. The van der Waals surface area contributed by atoms with Crippen molar-refractivity contribution in [3.63, 3.8) is 0 Å². The quantitative estimate of drug-likeness (QED) is 0.325. The second kappa shape index (κ2) is 16.5. The predicted octanol–water partition coefficient (Wildman–Crippen LogP) is 5.54. The molecule has 20 heavy (non-hydrogen) atoms. The average Bonchev–Trinajstić information content (AvgIpc) is 2.36. The van der Waals surface area contributed by atoms with Gasteiger partial charge in [-0.25, -0.2) is 0 Å². The van der Waals surface area contributed by atoms with E-state index in [2.05, 4.69) is 12.8 Å². The molecule has 0 aliphatic heterocycles. The highest BCUT2D eigenvalue weighted by Crippen LogP contribution is 2.18. The number of aliphatic hydroxyl groups is 1. The maximum atomic E-state index is 9.65. The van der Waals surface area contributed by atoms with E-state index >= 15 is 0 Å².